The van der Waals surface area contributed by atoms with Gasteiger partial charge in [0.1, 0.15) is 5.69 Å². The van der Waals surface area contributed by atoms with Crippen molar-refractivity contribution in [2.75, 3.05) is 13.1 Å². The second-order valence-corrected chi connectivity index (χ2v) is 7.43. The molecule has 3 heterocycles. The summed E-state index contributed by atoms with van der Waals surface area (Å²) in [7, 11) is 0. The van der Waals surface area contributed by atoms with Crippen LogP contribution >= 0.6 is 0 Å². The van der Waals surface area contributed by atoms with E-state index in [1.165, 1.54) is 5.56 Å². The highest BCUT2D eigenvalue weighted by Gasteiger charge is 2.28. The van der Waals surface area contributed by atoms with Crippen molar-refractivity contribution in [2.45, 2.75) is 33.1 Å². The number of amides is 1. The number of hydrogen-bond acceptors (Lipinski definition) is 4. The molecular weight excluding hydrogens is 350 g/mol. The molecule has 0 radical (unpaired) electrons. The van der Waals surface area contributed by atoms with Crippen molar-refractivity contribution in [2.24, 2.45) is 5.92 Å². The van der Waals surface area contributed by atoms with Crippen molar-refractivity contribution >= 4 is 5.91 Å². The van der Waals surface area contributed by atoms with E-state index in [4.69, 9.17) is 0 Å². The Morgan fingerprint density at radius 1 is 1.14 bits per heavy atom. The lowest BCUT2D eigenvalue weighted by Gasteiger charge is -2.29. The molecule has 28 heavy (non-hydrogen) atoms. The zero-order chi connectivity index (χ0) is 19.5. The van der Waals surface area contributed by atoms with Crippen molar-refractivity contribution in [1.29, 1.82) is 0 Å². The number of hydrogen-bond donors (Lipinski definition) is 0. The fourth-order valence-corrected chi connectivity index (χ4v) is 3.60. The molecule has 0 unspecified atom stereocenters. The predicted molar refractivity (Wildman–Crippen MR) is 108 cm³/mol. The van der Waals surface area contributed by atoms with Gasteiger partial charge in [-0.05, 0) is 55.0 Å². The van der Waals surface area contributed by atoms with Crippen LogP contribution in [0.2, 0.25) is 0 Å². The van der Waals surface area contributed by atoms with E-state index in [2.05, 4.69) is 41.3 Å². The molecule has 1 aromatic carbocycles. The number of benzene rings is 1. The number of likely N-dealkylation sites (tertiary alicyclic amines) is 1. The van der Waals surface area contributed by atoms with Crippen LogP contribution in [0.1, 0.15) is 42.7 Å². The van der Waals surface area contributed by atoms with E-state index in [1.54, 1.807) is 17.1 Å². The van der Waals surface area contributed by atoms with Crippen LogP contribution in [0.25, 0.3) is 16.9 Å². The van der Waals surface area contributed by atoms with Gasteiger partial charge in [0.05, 0.1) is 5.69 Å². The minimum absolute atomic E-state index is 0.0535. The summed E-state index contributed by atoms with van der Waals surface area (Å²) in [4.78, 5) is 19.4. The number of carbonyl (C=O) groups excluding carboxylic acids is 1. The first-order valence-corrected chi connectivity index (χ1v) is 9.92. The normalized spacial score (nSPS) is 15.0. The van der Waals surface area contributed by atoms with Gasteiger partial charge in [0.15, 0.2) is 5.69 Å². The lowest BCUT2D eigenvalue weighted by Crippen LogP contribution is -2.38. The summed E-state index contributed by atoms with van der Waals surface area (Å²) in [6.07, 6.45) is 6.51. The van der Waals surface area contributed by atoms with Gasteiger partial charge in [0, 0.05) is 31.0 Å². The third-order valence-electron chi connectivity index (χ3n) is 5.47. The molecule has 0 spiro atoms. The Hall–Kier alpha value is -3.02. The second kappa shape index (κ2) is 7.92. The maximum atomic E-state index is 13.2. The van der Waals surface area contributed by atoms with Gasteiger partial charge in [0.25, 0.3) is 5.91 Å². The Bertz CT molecular complexity index is 941. The molecule has 1 saturated heterocycles. The first-order valence-electron chi connectivity index (χ1n) is 9.92. The monoisotopic (exact) mass is 375 g/mol. The summed E-state index contributed by atoms with van der Waals surface area (Å²) in [5.41, 5.74) is 4.06. The number of nitrogens with zero attached hydrogens (tertiary/aromatic N) is 5. The van der Waals surface area contributed by atoms with Gasteiger partial charge in [0.2, 0.25) is 0 Å². The summed E-state index contributed by atoms with van der Waals surface area (Å²) < 4.78 is 1.75. The van der Waals surface area contributed by atoms with E-state index >= 15 is 0 Å². The molecule has 6 nitrogen and oxygen atoms in total. The van der Waals surface area contributed by atoms with Gasteiger partial charge in [-0.3, -0.25) is 9.78 Å². The van der Waals surface area contributed by atoms with Crippen molar-refractivity contribution in [1.82, 2.24) is 24.9 Å². The summed E-state index contributed by atoms with van der Waals surface area (Å²) >= 11 is 0. The van der Waals surface area contributed by atoms with Crippen LogP contribution in [0.5, 0.6) is 0 Å². The Morgan fingerprint density at radius 2 is 1.89 bits per heavy atom. The largest absolute Gasteiger partial charge is 0.337 e. The van der Waals surface area contributed by atoms with Gasteiger partial charge in [-0.1, -0.05) is 31.2 Å². The molecule has 1 aliphatic rings. The Morgan fingerprint density at radius 3 is 2.54 bits per heavy atom. The first kappa shape index (κ1) is 18.3. The van der Waals surface area contributed by atoms with Crippen LogP contribution in [0.3, 0.4) is 0 Å². The number of rotatable bonds is 4. The maximum absolute atomic E-state index is 13.2. The van der Waals surface area contributed by atoms with Crippen molar-refractivity contribution in [3.05, 3.63) is 60.0 Å². The molecular formula is C22H25N5O. The molecule has 0 atom stereocenters. The zero-order valence-electron chi connectivity index (χ0n) is 16.4. The average Bonchev–Trinajstić information content (AvgIpc) is 3.19. The zero-order valence-corrected chi connectivity index (χ0v) is 16.4. The molecule has 0 bridgehead atoms. The number of piperidine rings is 1. The first-order chi connectivity index (χ1) is 13.7. The Labute approximate surface area is 165 Å². The third kappa shape index (κ3) is 3.54. The molecule has 6 heteroatoms. The van der Waals surface area contributed by atoms with Crippen molar-refractivity contribution in [3.63, 3.8) is 0 Å². The van der Waals surface area contributed by atoms with Crippen LogP contribution in [0, 0.1) is 5.92 Å². The number of aryl methyl sites for hydroxylation is 1. The molecule has 1 fully saturated rings. The number of pyridine rings is 1. The smallest absolute Gasteiger partial charge is 0.276 e. The molecule has 1 aliphatic heterocycles. The van der Waals surface area contributed by atoms with E-state index in [9.17, 15) is 4.79 Å². The SMILES string of the molecule is CCc1ccc(-n2nnc(C(=O)N3CCC(C)CC3)c2-c2cccnc2)cc1. The van der Waals surface area contributed by atoms with Crippen LogP contribution in [0.4, 0.5) is 0 Å². The summed E-state index contributed by atoms with van der Waals surface area (Å²) in [6.45, 7) is 5.90. The summed E-state index contributed by atoms with van der Waals surface area (Å²) in [5, 5.41) is 8.64. The molecule has 3 aromatic rings. The Balaban J connectivity index is 1.76. The van der Waals surface area contributed by atoms with Gasteiger partial charge in [-0.15, -0.1) is 5.10 Å². The highest BCUT2D eigenvalue weighted by atomic mass is 16.2. The van der Waals surface area contributed by atoms with Crippen LogP contribution < -0.4 is 0 Å². The predicted octanol–water partition coefficient (Wildman–Crippen LogP) is 3.76. The minimum Gasteiger partial charge on any atom is -0.337 e. The lowest BCUT2D eigenvalue weighted by molar-refractivity contribution is 0.0692. The minimum atomic E-state index is -0.0535. The number of carbonyl (C=O) groups is 1. The summed E-state index contributed by atoms with van der Waals surface area (Å²) in [6, 6.07) is 12.0. The highest BCUT2D eigenvalue weighted by Crippen LogP contribution is 2.27. The van der Waals surface area contributed by atoms with Gasteiger partial charge < -0.3 is 4.90 Å². The van der Waals surface area contributed by atoms with Crippen LogP contribution in [0.15, 0.2) is 48.8 Å². The molecule has 0 saturated carbocycles. The van der Waals surface area contributed by atoms with Crippen molar-refractivity contribution < 1.29 is 4.79 Å². The van der Waals surface area contributed by atoms with Crippen LogP contribution in [-0.4, -0.2) is 43.9 Å². The topological polar surface area (TPSA) is 63.9 Å². The highest BCUT2D eigenvalue weighted by molar-refractivity contribution is 5.98. The molecule has 144 valence electrons. The van der Waals surface area contributed by atoms with Gasteiger partial charge >= 0.3 is 0 Å². The number of aromatic nitrogens is 4. The molecule has 1 amide bonds. The standard InChI is InChI=1S/C22H25N5O/c1-3-17-6-8-19(9-7-17)27-21(18-5-4-12-23-15-18)20(24-25-27)22(28)26-13-10-16(2)11-14-26/h4-9,12,15-16H,3,10-11,13-14H2,1-2H3. The van der Waals surface area contributed by atoms with E-state index < -0.39 is 0 Å². The van der Waals surface area contributed by atoms with Gasteiger partial charge in [-0.2, -0.15) is 0 Å². The maximum Gasteiger partial charge on any atom is 0.276 e. The molecule has 0 N–H and O–H groups in total. The molecule has 2 aromatic heterocycles. The van der Waals surface area contributed by atoms with Crippen LogP contribution in [-0.2, 0) is 6.42 Å². The fourth-order valence-electron chi connectivity index (χ4n) is 3.60. The molecule has 0 aliphatic carbocycles. The van der Waals surface area contributed by atoms with E-state index in [-0.39, 0.29) is 5.91 Å². The quantitative estimate of drug-likeness (QED) is 0.696. The second-order valence-electron chi connectivity index (χ2n) is 7.43. The van der Waals surface area contributed by atoms with Gasteiger partial charge in [-0.25, -0.2) is 4.68 Å². The van der Waals surface area contributed by atoms with E-state index in [0.29, 0.717) is 17.3 Å². The average molecular weight is 375 g/mol. The van der Waals surface area contributed by atoms with E-state index in [1.807, 2.05) is 29.2 Å². The van der Waals surface area contributed by atoms with Crippen molar-refractivity contribution in [3.8, 4) is 16.9 Å². The Kier molecular flexibility index (Phi) is 5.19. The molecule has 4 rings (SSSR count). The fraction of sp³-hybridized carbons (Fsp3) is 0.364. The van der Waals surface area contributed by atoms with E-state index in [0.717, 1.165) is 43.6 Å². The summed E-state index contributed by atoms with van der Waals surface area (Å²) in [5.74, 6) is 0.608. The lowest BCUT2D eigenvalue weighted by atomic mass is 9.99. The third-order valence-corrected chi connectivity index (χ3v) is 5.47.